The molecule has 0 amide bonds. The van der Waals surface area contributed by atoms with Crippen LogP contribution in [0.1, 0.15) is 23.6 Å². The van der Waals surface area contributed by atoms with Gasteiger partial charge in [0.1, 0.15) is 0 Å². The first-order valence-electron chi connectivity index (χ1n) is 6.64. The largest absolute Gasteiger partial charge is 0.334 e. The Morgan fingerprint density at radius 3 is 3.00 bits per heavy atom. The Morgan fingerprint density at radius 1 is 1.35 bits per heavy atom. The highest BCUT2D eigenvalue weighted by Crippen LogP contribution is 2.41. The van der Waals surface area contributed by atoms with Crippen molar-refractivity contribution in [2.24, 2.45) is 5.73 Å². The highest BCUT2D eigenvalue weighted by Gasteiger charge is 2.28. The molecular formula is C14H17N3OS2. The van der Waals surface area contributed by atoms with E-state index in [0.29, 0.717) is 22.9 Å². The summed E-state index contributed by atoms with van der Waals surface area (Å²) in [6.07, 6.45) is 0. The van der Waals surface area contributed by atoms with Crippen LogP contribution in [0.5, 0.6) is 0 Å². The minimum absolute atomic E-state index is 0.323. The topological polar surface area (TPSA) is 64.9 Å². The van der Waals surface area contributed by atoms with Gasteiger partial charge in [-0.1, -0.05) is 24.2 Å². The van der Waals surface area contributed by atoms with Gasteiger partial charge in [-0.15, -0.1) is 11.8 Å². The maximum atomic E-state index is 5.66. The normalized spacial score (nSPS) is 22.9. The Kier molecular flexibility index (Phi) is 4.33. The fraction of sp³-hybridized carbons (Fsp3) is 0.429. The predicted octanol–water partition coefficient (Wildman–Crippen LogP) is 3.10. The van der Waals surface area contributed by atoms with E-state index < -0.39 is 0 Å². The van der Waals surface area contributed by atoms with Crippen molar-refractivity contribution < 1.29 is 4.52 Å². The van der Waals surface area contributed by atoms with E-state index in [1.54, 1.807) is 0 Å². The summed E-state index contributed by atoms with van der Waals surface area (Å²) in [5, 5.41) is 5.02. The van der Waals surface area contributed by atoms with E-state index in [1.165, 1.54) is 5.75 Å². The number of hydrogen-bond donors (Lipinski definition) is 1. The lowest BCUT2D eigenvalue weighted by molar-refractivity contribution is 0.421. The van der Waals surface area contributed by atoms with Crippen molar-refractivity contribution in [2.75, 3.05) is 11.5 Å². The highest BCUT2D eigenvalue weighted by molar-refractivity contribution is 8.06. The van der Waals surface area contributed by atoms with Crippen molar-refractivity contribution in [3.8, 4) is 11.5 Å². The van der Waals surface area contributed by atoms with Crippen LogP contribution in [0.3, 0.4) is 0 Å². The number of benzene rings is 1. The minimum Gasteiger partial charge on any atom is -0.334 e. The fourth-order valence-corrected chi connectivity index (χ4v) is 4.89. The molecular weight excluding hydrogens is 290 g/mol. The first-order chi connectivity index (χ1) is 9.78. The third-order valence-electron chi connectivity index (χ3n) is 3.29. The molecule has 1 aliphatic heterocycles. The van der Waals surface area contributed by atoms with Crippen LogP contribution in [0.4, 0.5) is 0 Å². The molecule has 20 heavy (non-hydrogen) atoms. The second kappa shape index (κ2) is 6.20. The number of thioether (sulfide) groups is 2. The Labute approximate surface area is 126 Å². The molecule has 3 rings (SSSR count). The molecule has 0 aliphatic carbocycles. The van der Waals surface area contributed by atoms with Gasteiger partial charge in [0.2, 0.25) is 0 Å². The van der Waals surface area contributed by atoms with E-state index in [4.69, 9.17) is 10.3 Å². The molecule has 2 atom stereocenters. The van der Waals surface area contributed by atoms with Crippen molar-refractivity contribution in [2.45, 2.75) is 24.0 Å². The lowest BCUT2D eigenvalue weighted by Crippen LogP contribution is -2.16. The lowest BCUT2D eigenvalue weighted by atomic mass is 10.1. The third kappa shape index (κ3) is 2.87. The van der Waals surface area contributed by atoms with Crippen LogP contribution >= 0.6 is 23.5 Å². The molecule has 6 heteroatoms. The zero-order valence-electron chi connectivity index (χ0n) is 11.3. The summed E-state index contributed by atoms with van der Waals surface area (Å²) in [6.45, 7) is 2.74. The molecule has 0 spiro atoms. The molecule has 2 N–H and O–H groups in total. The van der Waals surface area contributed by atoms with Crippen LogP contribution in [0.25, 0.3) is 11.5 Å². The summed E-state index contributed by atoms with van der Waals surface area (Å²) < 4.78 is 5.43. The summed E-state index contributed by atoms with van der Waals surface area (Å²) in [6, 6.07) is 7.94. The van der Waals surface area contributed by atoms with Gasteiger partial charge in [-0.3, -0.25) is 0 Å². The SMILES string of the molecule is CC1SCCSC1c1noc(-c2cccc(CN)c2)n1. The Hall–Kier alpha value is -0.980. The lowest BCUT2D eigenvalue weighted by Gasteiger charge is -2.24. The van der Waals surface area contributed by atoms with Crippen molar-refractivity contribution in [1.82, 2.24) is 10.1 Å². The molecule has 0 bridgehead atoms. The Morgan fingerprint density at radius 2 is 2.20 bits per heavy atom. The zero-order chi connectivity index (χ0) is 13.9. The van der Waals surface area contributed by atoms with Gasteiger partial charge in [-0.25, -0.2) is 0 Å². The summed E-state index contributed by atoms with van der Waals surface area (Å²) in [5.74, 6) is 3.74. The fourth-order valence-electron chi connectivity index (χ4n) is 2.22. The smallest absolute Gasteiger partial charge is 0.257 e. The second-order valence-corrected chi connectivity index (χ2v) is 7.46. The monoisotopic (exact) mass is 307 g/mol. The van der Waals surface area contributed by atoms with Crippen molar-refractivity contribution in [1.29, 1.82) is 0 Å². The summed E-state index contributed by atoms with van der Waals surface area (Å²) in [4.78, 5) is 4.58. The molecule has 2 unspecified atom stereocenters. The standard InChI is InChI=1S/C14H17N3OS2/c1-9-12(20-6-5-19-9)13-16-14(18-17-13)11-4-2-3-10(7-11)8-15/h2-4,7,9,12H,5-6,8,15H2,1H3. The molecule has 1 fully saturated rings. The molecule has 1 aromatic heterocycles. The van der Waals surface area contributed by atoms with Gasteiger partial charge in [-0.2, -0.15) is 16.7 Å². The van der Waals surface area contributed by atoms with Gasteiger partial charge < -0.3 is 10.3 Å². The van der Waals surface area contributed by atoms with Crippen molar-refractivity contribution >= 4 is 23.5 Å². The van der Waals surface area contributed by atoms with Crippen LogP contribution in [-0.4, -0.2) is 26.9 Å². The molecule has 1 saturated heterocycles. The van der Waals surface area contributed by atoms with Gasteiger partial charge in [0.25, 0.3) is 5.89 Å². The number of hydrogen-bond acceptors (Lipinski definition) is 6. The zero-order valence-corrected chi connectivity index (χ0v) is 12.9. The van der Waals surface area contributed by atoms with Crippen LogP contribution in [0, 0.1) is 0 Å². The van der Waals surface area contributed by atoms with E-state index in [0.717, 1.165) is 22.7 Å². The predicted molar refractivity (Wildman–Crippen MR) is 84.7 cm³/mol. The third-order valence-corrected chi connectivity index (χ3v) is 6.38. The average Bonchev–Trinajstić information content (AvgIpc) is 2.97. The van der Waals surface area contributed by atoms with Crippen LogP contribution < -0.4 is 5.73 Å². The molecule has 2 aromatic rings. The van der Waals surface area contributed by atoms with E-state index in [-0.39, 0.29) is 0 Å². The highest BCUT2D eigenvalue weighted by atomic mass is 32.2. The summed E-state index contributed by atoms with van der Waals surface area (Å²) in [5.41, 5.74) is 7.67. The molecule has 0 radical (unpaired) electrons. The first-order valence-corrected chi connectivity index (χ1v) is 8.74. The summed E-state index contributed by atoms with van der Waals surface area (Å²) >= 11 is 3.89. The van der Waals surface area contributed by atoms with Crippen molar-refractivity contribution in [3.63, 3.8) is 0 Å². The summed E-state index contributed by atoms with van der Waals surface area (Å²) in [7, 11) is 0. The van der Waals surface area contributed by atoms with Crippen LogP contribution in [0.2, 0.25) is 0 Å². The minimum atomic E-state index is 0.323. The second-order valence-electron chi connectivity index (χ2n) is 4.73. The van der Waals surface area contributed by atoms with E-state index in [2.05, 4.69) is 17.1 Å². The van der Waals surface area contributed by atoms with Gasteiger partial charge >= 0.3 is 0 Å². The Balaban J connectivity index is 1.85. The number of nitrogens with two attached hydrogens (primary N) is 1. The number of aromatic nitrogens is 2. The van der Waals surface area contributed by atoms with Gasteiger partial charge in [-0.05, 0) is 17.7 Å². The van der Waals surface area contributed by atoms with E-state index in [9.17, 15) is 0 Å². The van der Waals surface area contributed by atoms with Gasteiger partial charge in [0.15, 0.2) is 5.82 Å². The molecule has 2 heterocycles. The molecule has 106 valence electrons. The molecule has 1 aliphatic rings. The molecule has 0 saturated carbocycles. The van der Waals surface area contributed by atoms with E-state index in [1.807, 2.05) is 47.8 Å². The van der Waals surface area contributed by atoms with Crippen LogP contribution in [-0.2, 0) is 6.54 Å². The van der Waals surface area contributed by atoms with E-state index >= 15 is 0 Å². The maximum Gasteiger partial charge on any atom is 0.257 e. The average molecular weight is 307 g/mol. The maximum absolute atomic E-state index is 5.66. The quantitative estimate of drug-likeness (QED) is 0.940. The van der Waals surface area contributed by atoms with Gasteiger partial charge in [0, 0.05) is 28.9 Å². The van der Waals surface area contributed by atoms with Crippen molar-refractivity contribution in [3.05, 3.63) is 35.7 Å². The number of rotatable bonds is 3. The molecule has 1 aromatic carbocycles. The van der Waals surface area contributed by atoms with Crippen LogP contribution in [0.15, 0.2) is 28.8 Å². The Bertz CT molecular complexity index is 587. The first kappa shape index (κ1) is 14.0. The molecule has 4 nitrogen and oxygen atoms in total. The van der Waals surface area contributed by atoms with Gasteiger partial charge in [0.05, 0.1) is 5.25 Å². The number of nitrogens with zero attached hydrogens (tertiary/aromatic N) is 2.